The number of nitrogens with one attached hydrogen (secondary N) is 1. The van der Waals surface area contributed by atoms with E-state index < -0.39 is 16.1 Å². The van der Waals surface area contributed by atoms with Gasteiger partial charge in [0.05, 0.1) is 10.4 Å². The summed E-state index contributed by atoms with van der Waals surface area (Å²) in [6, 6.07) is 10.6. The number of nitrogens with zero attached hydrogens (tertiary/aromatic N) is 1. The van der Waals surface area contributed by atoms with Gasteiger partial charge in [0.25, 0.3) is 0 Å². The Labute approximate surface area is 143 Å². The molecule has 0 bridgehead atoms. The number of hydrogen-bond donors (Lipinski definition) is 2. The van der Waals surface area contributed by atoms with E-state index in [4.69, 9.17) is 11.6 Å². The quantitative estimate of drug-likeness (QED) is 0.725. The van der Waals surface area contributed by atoms with Crippen molar-refractivity contribution in [1.29, 1.82) is 0 Å². The highest BCUT2D eigenvalue weighted by molar-refractivity contribution is 7.91. The van der Waals surface area contributed by atoms with Gasteiger partial charge in [0.1, 0.15) is 4.21 Å². The van der Waals surface area contributed by atoms with Gasteiger partial charge in [-0.15, -0.1) is 11.3 Å². The molecule has 0 amide bonds. The zero-order chi connectivity index (χ0) is 16.6. The van der Waals surface area contributed by atoms with Gasteiger partial charge in [-0.05, 0) is 18.2 Å². The number of aliphatic hydroxyl groups excluding tert-OH is 1. The summed E-state index contributed by atoms with van der Waals surface area (Å²) < 4.78 is 29.2. The van der Waals surface area contributed by atoms with Crippen LogP contribution < -0.4 is 4.72 Å². The molecule has 1 unspecified atom stereocenters. The van der Waals surface area contributed by atoms with Gasteiger partial charge in [-0.3, -0.25) is 0 Å². The number of para-hydroxylation sites is 1. The maximum absolute atomic E-state index is 12.2. The van der Waals surface area contributed by atoms with E-state index in [2.05, 4.69) is 4.72 Å². The molecule has 5 nitrogen and oxygen atoms in total. The SMILES string of the molecule is Cn1cc(C(O)CNS(=O)(=O)c2ccc(Cl)s2)c2ccccc21. The van der Waals surface area contributed by atoms with Crippen LogP contribution in [0.1, 0.15) is 11.7 Å². The van der Waals surface area contributed by atoms with E-state index in [0.29, 0.717) is 9.90 Å². The number of aryl methyl sites for hydroxylation is 1. The lowest BCUT2D eigenvalue weighted by molar-refractivity contribution is 0.183. The molecular weight excluding hydrogens is 356 g/mol. The van der Waals surface area contributed by atoms with Gasteiger partial charge in [-0.2, -0.15) is 0 Å². The fourth-order valence-corrected chi connectivity index (χ4v) is 5.02. The zero-order valence-corrected chi connectivity index (χ0v) is 14.6. The summed E-state index contributed by atoms with van der Waals surface area (Å²) >= 11 is 6.75. The molecule has 0 spiro atoms. The topological polar surface area (TPSA) is 71.3 Å². The first-order chi connectivity index (χ1) is 10.9. The highest BCUT2D eigenvalue weighted by Gasteiger charge is 2.20. The fraction of sp³-hybridized carbons (Fsp3) is 0.200. The Balaban J connectivity index is 1.80. The molecule has 0 saturated heterocycles. The molecule has 3 rings (SSSR count). The van der Waals surface area contributed by atoms with Crippen LogP contribution in [0.4, 0.5) is 0 Å². The van der Waals surface area contributed by atoms with Gasteiger partial charge in [0.2, 0.25) is 10.0 Å². The summed E-state index contributed by atoms with van der Waals surface area (Å²) in [5, 5.41) is 11.3. The molecule has 2 N–H and O–H groups in total. The summed E-state index contributed by atoms with van der Waals surface area (Å²) in [5.74, 6) is 0. The number of fused-ring (bicyclic) bond motifs is 1. The molecule has 3 aromatic rings. The largest absolute Gasteiger partial charge is 0.387 e. The molecule has 1 aromatic carbocycles. The molecule has 0 radical (unpaired) electrons. The third kappa shape index (κ3) is 3.29. The molecule has 8 heteroatoms. The second kappa shape index (κ2) is 6.26. The van der Waals surface area contributed by atoms with Crippen LogP contribution in [0.15, 0.2) is 46.8 Å². The summed E-state index contributed by atoms with van der Waals surface area (Å²) in [7, 11) is -1.79. The van der Waals surface area contributed by atoms with Crippen molar-refractivity contribution in [3.05, 3.63) is 52.5 Å². The van der Waals surface area contributed by atoms with Gasteiger partial charge in [-0.25, -0.2) is 13.1 Å². The van der Waals surface area contributed by atoms with E-state index in [9.17, 15) is 13.5 Å². The number of aliphatic hydroxyl groups is 1. The number of benzene rings is 1. The van der Waals surface area contributed by atoms with Crippen molar-refractivity contribution in [1.82, 2.24) is 9.29 Å². The molecule has 0 aliphatic carbocycles. The third-order valence-electron chi connectivity index (χ3n) is 3.57. The van der Waals surface area contributed by atoms with Crippen LogP contribution in [-0.4, -0.2) is 24.6 Å². The first-order valence-corrected chi connectivity index (χ1v) is 9.53. The predicted octanol–water partition coefficient (Wildman–Crippen LogP) is 2.91. The Hall–Kier alpha value is -1.38. The highest BCUT2D eigenvalue weighted by atomic mass is 35.5. The lowest BCUT2D eigenvalue weighted by Crippen LogP contribution is -2.27. The van der Waals surface area contributed by atoms with Crippen LogP contribution in [0.25, 0.3) is 10.9 Å². The Morgan fingerprint density at radius 2 is 2.04 bits per heavy atom. The first-order valence-electron chi connectivity index (χ1n) is 6.85. The second-order valence-corrected chi connectivity index (χ2v) is 8.85. The predicted molar refractivity (Wildman–Crippen MR) is 92.4 cm³/mol. The summed E-state index contributed by atoms with van der Waals surface area (Å²) in [5.41, 5.74) is 1.67. The Morgan fingerprint density at radius 3 is 2.74 bits per heavy atom. The van der Waals surface area contributed by atoms with E-state index >= 15 is 0 Å². The van der Waals surface area contributed by atoms with Crippen LogP contribution in [0.5, 0.6) is 0 Å². The van der Waals surface area contributed by atoms with Crippen LogP contribution in [-0.2, 0) is 17.1 Å². The van der Waals surface area contributed by atoms with Crippen molar-refractivity contribution in [2.45, 2.75) is 10.3 Å². The van der Waals surface area contributed by atoms with E-state index in [1.54, 1.807) is 0 Å². The molecule has 0 fully saturated rings. The number of sulfonamides is 1. The molecule has 0 aliphatic heterocycles. The molecule has 1 atom stereocenters. The number of rotatable bonds is 5. The lowest BCUT2D eigenvalue weighted by Gasteiger charge is -2.11. The molecule has 0 saturated carbocycles. The third-order valence-corrected chi connectivity index (χ3v) is 6.71. The van der Waals surface area contributed by atoms with Crippen LogP contribution in [0, 0.1) is 0 Å². The van der Waals surface area contributed by atoms with Gasteiger partial charge in [0.15, 0.2) is 0 Å². The lowest BCUT2D eigenvalue weighted by atomic mass is 10.1. The first kappa shape index (κ1) is 16.5. The van der Waals surface area contributed by atoms with Crippen molar-refractivity contribution in [3.63, 3.8) is 0 Å². The van der Waals surface area contributed by atoms with E-state index in [1.807, 2.05) is 42.1 Å². The van der Waals surface area contributed by atoms with Crippen molar-refractivity contribution in [2.24, 2.45) is 7.05 Å². The second-order valence-electron chi connectivity index (χ2n) is 5.14. The van der Waals surface area contributed by atoms with Gasteiger partial charge in [0, 0.05) is 36.3 Å². The standard InChI is InChI=1S/C15H15ClN2O3S2/c1-18-9-11(10-4-2-3-5-12(10)18)13(19)8-17-23(20,21)15-7-6-14(16)22-15/h2-7,9,13,17,19H,8H2,1H3. The number of thiophene rings is 1. The minimum absolute atomic E-state index is 0.105. The average Bonchev–Trinajstić information content (AvgIpc) is 3.10. The van der Waals surface area contributed by atoms with Gasteiger partial charge < -0.3 is 9.67 Å². The molecule has 0 aliphatic rings. The number of hydrogen-bond acceptors (Lipinski definition) is 4. The maximum Gasteiger partial charge on any atom is 0.250 e. The molecular formula is C15H15ClN2O3S2. The summed E-state index contributed by atoms with van der Waals surface area (Å²) in [6.45, 7) is -0.105. The van der Waals surface area contributed by atoms with Crippen LogP contribution in [0.3, 0.4) is 0 Å². The normalized spacial score (nSPS) is 13.5. The molecule has 2 aromatic heterocycles. The summed E-state index contributed by atoms with van der Waals surface area (Å²) in [4.78, 5) is 0. The van der Waals surface area contributed by atoms with Crippen molar-refractivity contribution < 1.29 is 13.5 Å². The van der Waals surface area contributed by atoms with Gasteiger partial charge >= 0.3 is 0 Å². The summed E-state index contributed by atoms with van der Waals surface area (Å²) in [6.07, 6.45) is 0.873. The average molecular weight is 371 g/mol. The minimum atomic E-state index is -3.67. The number of halogens is 1. The Kier molecular flexibility index (Phi) is 4.48. The van der Waals surface area contributed by atoms with E-state index in [1.165, 1.54) is 12.1 Å². The minimum Gasteiger partial charge on any atom is -0.387 e. The fourth-order valence-electron chi connectivity index (χ4n) is 2.45. The van der Waals surface area contributed by atoms with E-state index in [-0.39, 0.29) is 10.8 Å². The maximum atomic E-state index is 12.2. The Morgan fingerprint density at radius 1 is 1.30 bits per heavy atom. The van der Waals surface area contributed by atoms with Crippen LogP contribution >= 0.6 is 22.9 Å². The molecule has 23 heavy (non-hydrogen) atoms. The number of aromatic nitrogens is 1. The molecule has 2 heterocycles. The van der Waals surface area contributed by atoms with E-state index in [0.717, 1.165) is 22.2 Å². The van der Waals surface area contributed by atoms with Gasteiger partial charge in [-0.1, -0.05) is 29.8 Å². The smallest absolute Gasteiger partial charge is 0.250 e. The Bertz CT molecular complexity index is 947. The molecule has 122 valence electrons. The zero-order valence-electron chi connectivity index (χ0n) is 12.2. The van der Waals surface area contributed by atoms with Crippen molar-refractivity contribution in [2.75, 3.05) is 6.54 Å². The highest BCUT2D eigenvalue weighted by Crippen LogP contribution is 2.27. The monoisotopic (exact) mass is 370 g/mol. The van der Waals surface area contributed by atoms with Crippen LogP contribution in [0.2, 0.25) is 4.34 Å². The van der Waals surface area contributed by atoms with Crippen molar-refractivity contribution in [3.8, 4) is 0 Å². The van der Waals surface area contributed by atoms with Crippen molar-refractivity contribution >= 4 is 43.9 Å².